The molecule has 1 aromatic heterocycles. The third-order valence-electron chi connectivity index (χ3n) is 3.34. The molecular weight excluding hydrogens is 260 g/mol. The summed E-state index contributed by atoms with van der Waals surface area (Å²) in [6.45, 7) is 0.464. The minimum Gasteiger partial charge on any atom is -0.303 e. The summed E-state index contributed by atoms with van der Waals surface area (Å²) >= 11 is 1.75. The lowest BCUT2D eigenvalue weighted by Crippen LogP contribution is -2.40. The lowest BCUT2D eigenvalue weighted by Gasteiger charge is -2.11. The molecule has 1 aromatic carbocycles. The smallest absolute Gasteiger partial charge is 0.303 e. The largest absolute Gasteiger partial charge is 0.330 e. The van der Waals surface area contributed by atoms with Gasteiger partial charge in [-0.1, -0.05) is 18.2 Å². The Morgan fingerprint density at radius 1 is 1.26 bits per heavy atom. The molecule has 0 saturated carbocycles. The van der Waals surface area contributed by atoms with Crippen molar-refractivity contribution in [2.45, 2.75) is 23.1 Å². The maximum absolute atomic E-state index is 12.0. The molecule has 0 radical (unpaired) electrons. The van der Waals surface area contributed by atoms with Gasteiger partial charge in [-0.05, 0) is 18.1 Å². The summed E-state index contributed by atoms with van der Waals surface area (Å²) in [7, 11) is 1.66. The first kappa shape index (κ1) is 12.3. The number of aromatic nitrogens is 2. The molecule has 0 aliphatic carbocycles. The summed E-state index contributed by atoms with van der Waals surface area (Å²) in [4.78, 5) is 25.0. The minimum atomic E-state index is -0.246. The summed E-state index contributed by atoms with van der Waals surface area (Å²) in [5.74, 6) is 0. The number of nitrogens with zero attached hydrogens (tertiary/aromatic N) is 2. The first-order valence-electron chi connectivity index (χ1n) is 6.16. The summed E-state index contributed by atoms with van der Waals surface area (Å²) in [5, 5.41) is 0.255. The summed E-state index contributed by atoms with van der Waals surface area (Å²) < 4.78 is 2.76. The second-order valence-electron chi connectivity index (χ2n) is 4.71. The number of hydrogen-bond donors (Lipinski definition) is 0. The van der Waals surface area contributed by atoms with E-state index in [1.165, 1.54) is 31.9 Å². The van der Waals surface area contributed by atoms with E-state index in [-0.39, 0.29) is 16.5 Å². The Hall–Kier alpha value is -1.75. The van der Waals surface area contributed by atoms with Crippen LogP contribution in [0.5, 0.6) is 0 Å². The van der Waals surface area contributed by atoms with Crippen LogP contribution in [0.25, 0.3) is 0 Å². The van der Waals surface area contributed by atoms with Gasteiger partial charge in [0, 0.05) is 36.0 Å². The first-order valence-corrected chi connectivity index (χ1v) is 7.04. The van der Waals surface area contributed by atoms with Gasteiger partial charge >= 0.3 is 5.69 Å². The molecule has 1 aliphatic rings. The van der Waals surface area contributed by atoms with E-state index in [9.17, 15) is 9.59 Å². The van der Waals surface area contributed by atoms with Crippen molar-refractivity contribution >= 4 is 11.8 Å². The van der Waals surface area contributed by atoms with Gasteiger partial charge in [0.2, 0.25) is 0 Å². The molecule has 0 amide bonds. The highest BCUT2D eigenvalue weighted by molar-refractivity contribution is 8.00. The van der Waals surface area contributed by atoms with Crippen molar-refractivity contribution in [2.75, 3.05) is 0 Å². The Balaban J connectivity index is 1.88. The number of fused-ring (bicyclic) bond motifs is 1. The second kappa shape index (κ2) is 4.74. The zero-order valence-corrected chi connectivity index (χ0v) is 11.4. The fourth-order valence-corrected chi connectivity index (χ4v) is 3.65. The Morgan fingerprint density at radius 2 is 2.05 bits per heavy atom. The number of rotatable bonds is 2. The van der Waals surface area contributed by atoms with Gasteiger partial charge in [0.05, 0.1) is 0 Å². The van der Waals surface area contributed by atoms with E-state index in [1.807, 2.05) is 12.1 Å². The zero-order valence-electron chi connectivity index (χ0n) is 10.6. The van der Waals surface area contributed by atoms with Crippen LogP contribution in [-0.4, -0.2) is 14.4 Å². The number of hydrogen-bond acceptors (Lipinski definition) is 3. The van der Waals surface area contributed by atoms with Gasteiger partial charge in [-0.15, -0.1) is 11.8 Å². The molecule has 2 aromatic rings. The zero-order chi connectivity index (χ0) is 13.4. The lowest BCUT2D eigenvalue weighted by molar-refractivity contribution is 0.575. The highest BCUT2D eigenvalue weighted by Crippen LogP contribution is 2.37. The molecule has 19 heavy (non-hydrogen) atoms. The monoisotopic (exact) mass is 274 g/mol. The summed E-state index contributed by atoms with van der Waals surface area (Å²) in [6, 6.07) is 9.67. The van der Waals surface area contributed by atoms with Gasteiger partial charge in [-0.2, -0.15) is 0 Å². The van der Waals surface area contributed by atoms with Crippen molar-refractivity contribution in [1.82, 2.24) is 9.13 Å². The van der Waals surface area contributed by atoms with Crippen molar-refractivity contribution in [3.05, 3.63) is 62.9 Å². The van der Waals surface area contributed by atoms with Gasteiger partial charge in [-0.3, -0.25) is 9.36 Å². The molecule has 1 unspecified atom stereocenters. The van der Waals surface area contributed by atoms with Crippen LogP contribution in [0.4, 0.5) is 0 Å². The molecule has 1 aliphatic heterocycles. The van der Waals surface area contributed by atoms with Crippen LogP contribution >= 0.6 is 11.8 Å². The van der Waals surface area contributed by atoms with Gasteiger partial charge in [0.25, 0.3) is 5.56 Å². The Morgan fingerprint density at radius 3 is 2.84 bits per heavy atom. The number of aryl methyl sites for hydroxylation is 1. The molecular formula is C14H14N2O2S. The molecule has 0 saturated heterocycles. The van der Waals surface area contributed by atoms with Gasteiger partial charge in [-0.25, -0.2) is 4.79 Å². The van der Waals surface area contributed by atoms with Crippen LogP contribution in [0.2, 0.25) is 0 Å². The predicted molar refractivity (Wildman–Crippen MR) is 75.7 cm³/mol. The van der Waals surface area contributed by atoms with Crippen molar-refractivity contribution < 1.29 is 0 Å². The van der Waals surface area contributed by atoms with Crippen molar-refractivity contribution in [1.29, 1.82) is 0 Å². The summed E-state index contributed by atoms with van der Waals surface area (Å²) in [5.41, 5.74) is 0.835. The van der Waals surface area contributed by atoms with Gasteiger partial charge in [0.15, 0.2) is 0 Å². The molecule has 98 valence electrons. The third-order valence-corrected chi connectivity index (χ3v) is 4.64. The van der Waals surface area contributed by atoms with Crippen LogP contribution < -0.4 is 11.2 Å². The van der Waals surface area contributed by atoms with Crippen molar-refractivity contribution in [3.63, 3.8) is 0 Å². The Bertz CT molecular complexity index is 708. The summed E-state index contributed by atoms with van der Waals surface area (Å²) in [6.07, 6.45) is 2.42. The Kier molecular flexibility index (Phi) is 3.06. The molecule has 0 N–H and O–H groups in total. The molecule has 5 heteroatoms. The highest BCUT2D eigenvalue weighted by Gasteiger charge is 2.23. The van der Waals surface area contributed by atoms with E-state index in [4.69, 9.17) is 0 Å². The van der Waals surface area contributed by atoms with Gasteiger partial charge in [0.1, 0.15) is 0 Å². The van der Waals surface area contributed by atoms with E-state index in [0.717, 1.165) is 6.42 Å². The van der Waals surface area contributed by atoms with Crippen LogP contribution in [0.1, 0.15) is 5.56 Å². The average Bonchev–Trinajstić information content (AvgIpc) is 2.81. The molecule has 1 atom stereocenters. The maximum atomic E-state index is 12.0. The lowest BCUT2D eigenvalue weighted by atomic mass is 10.1. The van der Waals surface area contributed by atoms with E-state index >= 15 is 0 Å². The molecule has 2 heterocycles. The van der Waals surface area contributed by atoms with Crippen LogP contribution in [-0.2, 0) is 20.0 Å². The topological polar surface area (TPSA) is 44.0 Å². The third kappa shape index (κ3) is 2.26. The SMILES string of the molecule is Cn1ccc(=O)n(CC2Cc3ccccc3S2)c1=O. The maximum Gasteiger partial charge on any atom is 0.330 e. The molecule has 0 spiro atoms. The van der Waals surface area contributed by atoms with Gasteiger partial charge < -0.3 is 4.57 Å². The minimum absolute atomic E-state index is 0.223. The molecule has 0 bridgehead atoms. The fourth-order valence-electron chi connectivity index (χ4n) is 2.34. The van der Waals surface area contributed by atoms with Crippen LogP contribution in [0.3, 0.4) is 0 Å². The van der Waals surface area contributed by atoms with Crippen LogP contribution in [0, 0.1) is 0 Å². The van der Waals surface area contributed by atoms with Crippen molar-refractivity contribution in [3.8, 4) is 0 Å². The molecule has 0 fully saturated rings. The molecule has 3 rings (SSSR count). The van der Waals surface area contributed by atoms with Crippen LogP contribution in [0.15, 0.2) is 51.0 Å². The average molecular weight is 274 g/mol. The van der Waals surface area contributed by atoms with E-state index in [2.05, 4.69) is 12.1 Å². The van der Waals surface area contributed by atoms with E-state index in [0.29, 0.717) is 6.54 Å². The first-order chi connectivity index (χ1) is 9.15. The quantitative estimate of drug-likeness (QED) is 0.828. The predicted octanol–water partition coefficient (Wildman–Crippen LogP) is 1.26. The number of benzene rings is 1. The Labute approximate surface area is 114 Å². The number of thioether (sulfide) groups is 1. The fraction of sp³-hybridized carbons (Fsp3) is 0.286. The standard InChI is InChI=1S/C14H14N2O2S/c1-15-7-6-13(17)16(14(15)18)9-11-8-10-4-2-3-5-12(10)19-11/h2-7,11H,8-9H2,1H3. The second-order valence-corrected chi connectivity index (χ2v) is 6.05. The molecule has 4 nitrogen and oxygen atoms in total. The normalized spacial score (nSPS) is 17.4. The highest BCUT2D eigenvalue weighted by atomic mass is 32.2. The van der Waals surface area contributed by atoms with E-state index < -0.39 is 0 Å². The van der Waals surface area contributed by atoms with E-state index in [1.54, 1.807) is 18.8 Å². The van der Waals surface area contributed by atoms with Crippen molar-refractivity contribution in [2.24, 2.45) is 7.05 Å².